The van der Waals surface area contributed by atoms with Crippen molar-refractivity contribution in [3.8, 4) is 0 Å². The first-order valence-electron chi connectivity index (χ1n) is 8.36. The van der Waals surface area contributed by atoms with E-state index in [0.717, 1.165) is 30.8 Å². The molecule has 0 aromatic carbocycles. The number of carbonyl (C=O) groups excluding carboxylic acids is 1. The summed E-state index contributed by atoms with van der Waals surface area (Å²) < 4.78 is 5.71. The lowest BCUT2D eigenvalue weighted by Gasteiger charge is -2.23. The minimum atomic E-state index is 0.220. The highest BCUT2D eigenvalue weighted by molar-refractivity contribution is 7.09. The number of amides is 1. The molecule has 0 saturated carbocycles. The topological polar surface area (TPSA) is 55.3 Å². The lowest BCUT2D eigenvalue weighted by molar-refractivity contribution is -0.131. The lowest BCUT2D eigenvalue weighted by atomic mass is 10.0. The molecule has 1 aliphatic rings. The van der Waals surface area contributed by atoms with Crippen LogP contribution in [-0.2, 0) is 22.4 Å². The fraction of sp³-hybridized carbons (Fsp3) is 0.500. The van der Waals surface area contributed by atoms with Gasteiger partial charge in [0.15, 0.2) is 0 Å². The van der Waals surface area contributed by atoms with Crippen molar-refractivity contribution in [3.05, 3.63) is 46.2 Å². The predicted molar refractivity (Wildman–Crippen MR) is 94.0 cm³/mol. The van der Waals surface area contributed by atoms with Gasteiger partial charge in [-0.2, -0.15) is 0 Å². The Balaban J connectivity index is 1.56. The number of aromatic nitrogens is 2. The summed E-state index contributed by atoms with van der Waals surface area (Å²) in [5.74, 6) is 0.505. The van der Waals surface area contributed by atoms with E-state index < -0.39 is 0 Å². The van der Waals surface area contributed by atoms with E-state index in [-0.39, 0.29) is 11.8 Å². The second-order valence-electron chi connectivity index (χ2n) is 6.21. The molecule has 6 heteroatoms. The second kappa shape index (κ2) is 8.35. The summed E-state index contributed by atoms with van der Waals surface area (Å²) >= 11 is 1.71. The van der Waals surface area contributed by atoms with Crippen molar-refractivity contribution >= 4 is 17.2 Å². The van der Waals surface area contributed by atoms with Crippen molar-refractivity contribution in [2.75, 3.05) is 26.3 Å². The van der Waals surface area contributed by atoms with Gasteiger partial charge in [-0.25, -0.2) is 9.97 Å². The maximum absolute atomic E-state index is 12.5. The van der Waals surface area contributed by atoms with Crippen LogP contribution in [0.2, 0.25) is 0 Å². The highest BCUT2D eigenvalue weighted by Crippen LogP contribution is 2.16. The van der Waals surface area contributed by atoms with Gasteiger partial charge in [0.1, 0.15) is 6.33 Å². The molecule has 1 amide bonds. The normalized spacial score (nSPS) is 18.4. The number of aryl methyl sites for hydroxylation is 2. The molecular formula is C18H23N3O2S. The SMILES string of the molecule is Cc1cc(CC2COCCN(C(=O)CCc3cccs3)C2)ncn1. The zero-order valence-electron chi connectivity index (χ0n) is 14.0. The minimum Gasteiger partial charge on any atom is -0.379 e. The molecule has 1 saturated heterocycles. The molecule has 5 nitrogen and oxygen atoms in total. The molecule has 0 bridgehead atoms. The van der Waals surface area contributed by atoms with Gasteiger partial charge in [0, 0.05) is 41.7 Å². The van der Waals surface area contributed by atoms with E-state index in [2.05, 4.69) is 21.4 Å². The second-order valence-corrected chi connectivity index (χ2v) is 7.25. The third-order valence-electron chi connectivity index (χ3n) is 4.21. The van der Waals surface area contributed by atoms with Crippen molar-refractivity contribution in [3.63, 3.8) is 0 Å². The number of rotatable bonds is 5. The summed E-state index contributed by atoms with van der Waals surface area (Å²) in [4.78, 5) is 24.2. The average molecular weight is 345 g/mol. The molecule has 24 heavy (non-hydrogen) atoms. The minimum absolute atomic E-state index is 0.220. The summed E-state index contributed by atoms with van der Waals surface area (Å²) in [5, 5.41) is 2.05. The van der Waals surface area contributed by atoms with Gasteiger partial charge in [0.05, 0.1) is 13.2 Å². The maximum Gasteiger partial charge on any atom is 0.223 e. The number of thiophene rings is 1. The van der Waals surface area contributed by atoms with Gasteiger partial charge >= 0.3 is 0 Å². The van der Waals surface area contributed by atoms with Crippen molar-refractivity contribution in [2.45, 2.75) is 26.2 Å². The van der Waals surface area contributed by atoms with E-state index in [1.165, 1.54) is 4.88 Å². The van der Waals surface area contributed by atoms with Gasteiger partial charge in [-0.05, 0) is 37.3 Å². The van der Waals surface area contributed by atoms with Crippen molar-refractivity contribution in [1.29, 1.82) is 0 Å². The molecule has 1 unspecified atom stereocenters. The molecule has 0 spiro atoms. The monoisotopic (exact) mass is 345 g/mol. The van der Waals surface area contributed by atoms with Crippen LogP contribution in [0.4, 0.5) is 0 Å². The van der Waals surface area contributed by atoms with Crippen LogP contribution in [0, 0.1) is 12.8 Å². The van der Waals surface area contributed by atoms with Crippen molar-refractivity contribution < 1.29 is 9.53 Å². The van der Waals surface area contributed by atoms with Gasteiger partial charge in [-0.15, -0.1) is 11.3 Å². The molecule has 128 valence electrons. The van der Waals surface area contributed by atoms with Crippen LogP contribution in [-0.4, -0.2) is 47.1 Å². The van der Waals surface area contributed by atoms with Crippen LogP contribution >= 0.6 is 11.3 Å². The smallest absolute Gasteiger partial charge is 0.223 e. The largest absolute Gasteiger partial charge is 0.379 e. The van der Waals surface area contributed by atoms with Crippen LogP contribution in [0.5, 0.6) is 0 Å². The van der Waals surface area contributed by atoms with E-state index in [9.17, 15) is 4.79 Å². The Morgan fingerprint density at radius 1 is 1.46 bits per heavy atom. The fourth-order valence-corrected chi connectivity index (χ4v) is 3.70. The van der Waals surface area contributed by atoms with E-state index in [4.69, 9.17) is 4.74 Å². The highest BCUT2D eigenvalue weighted by Gasteiger charge is 2.23. The lowest BCUT2D eigenvalue weighted by Crippen LogP contribution is -2.36. The Morgan fingerprint density at radius 3 is 3.17 bits per heavy atom. The molecule has 0 aliphatic carbocycles. The highest BCUT2D eigenvalue weighted by atomic mass is 32.1. The molecule has 1 aliphatic heterocycles. The Hall–Kier alpha value is -1.79. The zero-order chi connectivity index (χ0) is 16.8. The van der Waals surface area contributed by atoms with Gasteiger partial charge in [-0.3, -0.25) is 4.79 Å². The van der Waals surface area contributed by atoms with Crippen LogP contribution in [0.25, 0.3) is 0 Å². The molecule has 1 fully saturated rings. The number of nitrogens with zero attached hydrogens (tertiary/aromatic N) is 3. The molecule has 1 atom stereocenters. The third kappa shape index (κ3) is 4.85. The maximum atomic E-state index is 12.5. The Morgan fingerprint density at radius 2 is 2.38 bits per heavy atom. The molecule has 2 aromatic heterocycles. The standard InChI is InChI=1S/C18H23N3O2S/c1-14-9-16(20-13-19-14)10-15-11-21(6-7-23-12-15)18(22)5-4-17-3-2-8-24-17/h2-3,8-9,13,15H,4-7,10-12H2,1H3. The van der Waals surface area contributed by atoms with Gasteiger partial charge in [0.2, 0.25) is 5.91 Å². The van der Waals surface area contributed by atoms with Gasteiger partial charge in [-0.1, -0.05) is 6.07 Å². The average Bonchev–Trinajstić information content (AvgIpc) is 2.98. The Labute approximate surface area is 146 Å². The first-order chi connectivity index (χ1) is 11.7. The predicted octanol–water partition coefficient (Wildman–Crippen LogP) is 2.50. The summed E-state index contributed by atoms with van der Waals surface area (Å²) in [6, 6.07) is 6.13. The molecule has 3 heterocycles. The molecular weight excluding hydrogens is 322 g/mol. The first-order valence-corrected chi connectivity index (χ1v) is 9.24. The molecule has 0 N–H and O–H groups in total. The quantitative estimate of drug-likeness (QED) is 0.835. The van der Waals surface area contributed by atoms with Crippen molar-refractivity contribution in [2.24, 2.45) is 5.92 Å². The third-order valence-corrected chi connectivity index (χ3v) is 5.15. The van der Waals surface area contributed by atoms with Gasteiger partial charge in [0.25, 0.3) is 0 Å². The summed E-state index contributed by atoms with van der Waals surface area (Å²) in [6.45, 7) is 4.69. The summed E-state index contributed by atoms with van der Waals surface area (Å²) in [6.07, 6.45) is 3.81. The summed E-state index contributed by atoms with van der Waals surface area (Å²) in [5.41, 5.74) is 1.99. The van der Waals surface area contributed by atoms with Crippen LogP contribution < -0.4 is 0 Å². The van der Waals surface area contributed by atoms with Gasteiger partial charge < -0.3 is 9.64 Å². The van der Waals surface area contributed by atoms with Crippen molar-refractivity contribution in [1.82, 2.24) is 14.9 Å². The zero-order valence-corrected chi connectivity index (χ0v) is 14.8. The number of ether oxygens (including phenoxy) is 1. The molecule has 2 aromatic rings. The number of hydrogen-bond acceptors (Lipinski definition) is 5. The van der Waals surface area contributed by atoms with Crippen LogP contribution in [0.3, 0.4) is 0 Å². The Bertz CT molecular complexity index is 660. The van der Waals surface area contributed by atoms with E-state index >= 15 is 0 Å². The van der Waals surface area contributed by atoms with E-state index in [1.807, 2.05) is 24.0 Å². The molecule has 0 radical (unpaired) electrons. The van der Waals surface area contributed by atoms with Crippen LogP contribution in [0.15, 0.2) is 29.9 Å². The molecule has 3 rings (SSSR count). The fourth-order valence-electron chi connectivity index (χ4n) is 2.99. The number of carbonyl (C=O) groups is 1. The van der Waals surface area contributed by atoms with Crippen LogP contribution in [0.1, 0.15) is 22.7 Å². The Kier molecular flexibility index (Phi) is 5.93. The first kappa shape index (κ1) is 17.0. The number of hydrogen-bond donors (Lipinski definition) is 0. The van der Waals surface area contributed by atoms with E-state index in [1.54, 1.807) is 17.7 Å². The summed E-state index contributed by atoms with van der Waals surface area (Å²) in [7, 11) is 0. The van der Waals surface area contributed by atoms with E-state index in [0.29, 0.717) is 26.2 Å².